The Bertz CT molecular complexity index is 1150. The summed E-state index contributed by atoms with van der Waals surface area (Å²) in [5.41, 5.74) is 8.48. The lowest BCUT2D eigenvalue weighted by molar-refractivity contribution is -0.135. The minimum Gasteiger partial charge on any atom is -0.494 e. The number of hydrogen-bond donors (Lipinski definition) is 4. The lowest BCUT2D eigenvalue weighted by atomic mass is 9.87. The molecule has 0 radical (unpaired) electrons. The average molecular weight is 475 g/mol. The second-order valence-corrected chi connectivity index (χ2v) is 9.42. The number of ether oxygens (including phenoxy) is 1. The summed E-state index contributed by atoms with van der Waals surface area (Å²) < 4.78 is 5.49. The number of aliphatic hydroxyl groups is 1. The highest BCUT2D eigenvalue weighted by Gasteiger charge is 2.30. The van der Waals surface area contributed by atoms with Gasteiger partial charge in [0.1, 0.15) is 22.7 Å². The highest BCUT2D eigenvalue weighted by molar-refractivity contribution is 7.97. The number of aliphatic hydroxyl groups excluding tert-OH is 1. The number of aromatic nitrogens is 2. The van der Waals surface area contributed by atoms with Crippen molar-refractivity contribution >= 4 is 56.6 Å². The number of likely N-dealkylation sites (N-methyl/N-ethyl adjacent to an activating group) is 1. The van der Waals surface area contributed by atoms with Crippen molar-refractivity contribution in [2.75, 3.05) is 38.4 Å². The predicted molar refractivity (Wildman–Crippen MR) is 128 cm³/mol. The molecule has 1 atom stereocenters. The summed E-state index contributed by atoms with van der Waals surface area (Å²) in [6, 6.07) is 3.58. The van der Waals surface area contributed by atoms with E-state index in [0.717, 1.165) is 44.8 Å². The Kier molecular flexibility index (Phi) is 6.70. The number of amides is 1. The van der Waals surface area contributed by atoms with Crippen molar-refractivity contribution in [1.82, 2.24) is 14.9 Å². The van der Waals surface area contributed by atoms with Crippen LogP contribution in [0.5, 0.6) is 5.75 Å². The van der Waals surface area contributed by atoms with Crippen LogP contribution in [0.1, 0.15) is 16.9 Å². The maximum Gasteiger partial charge on any atom is 0.225 e. The van der Waals surface area contributed by atoms with Crippen LogP contribution < -0.4 is 20.9 Å². The van der Waals surface area contributed by atoms with Gasteiger partial charge in [-0.15, -0.1) is 11.3 Å². The summed E-state index contributed by atoms with van der Waals surface area (Å²) in [7, 11) is 3.32. The van der Waals surface area contributed by atoms with E-state index in [4.69, 9.17) is 20.7 Å². The van der Waals surface area contributed by atoms with E-state index >= 15 is 0 Å². The summed E-state index contributed by atoms with van der Waals surface area (Å²) in [5.74, 6) is 1.27. The van der Waals surface area contributed by atoms with Gasteiger partial charge in [-0.25, -0.2) is 9.97 Å². The number of rotatable bonds is 7. The first kappa shape index (κ1) is 22.6. The summed E-state index contributed by atoms with van der Waals surface area (Å²) in [6.07, 6.45) is 3.72. The van der Waals surface area contributed by atoms with Crippen LogP contribution in [0.15, 0.2) is 23.4 Å². The Labute approximate surface area is 194 Å². The van der Waals surface area contributed by atoms with E-state index in [-0.39, 0.29) is 18.4 Å². The van der Waals surface area contributed by atoms with Gasteiger partial charge in [-0.3, -0.25) is 9.93 Å². The van der Waals surface area contributed by atoms with Gasteiger partial charge in [0.2, 0.25) is 5.91 Å². The summed E-state index contributed by atoms with van der Waals surface area (Å²) in [5, 5.41) is 19.2. The number of thiophene rings is 1. The average Bonchev–Trinajstić information content (AvgIpc) is 3.18. The minimum atomic E-state index is -0.0854. The van der Waals surface area contributed by atoms with Crippen LogP contribution in [0.2, 0.25) is 0 Å². The molecule has 0 fully saturated rings. The normalized spacial score (nSPS) is 15.4. The second kappa shape index (κ2) is 9.49. The highest BCUT2D eigenvalue weighted by Crippen LogP contribution is 2.42. The molecule has 3 aromatic rings. The summed E-state index contributed by atoms with van der Waals surface area (Å²) in [4.78, 5) is 26.1. The predicted octanol–water partition coefficient (Wildman–Crippen LogP) is 2.55. The third-order valence-corrected chi connectivity index (χ3v) is 7.49. The summed E-state index contributed by atoms with van der Waals surface area (Å²) >= 11 is 2.68. The van der Waals surface area contributed by atoms with Crippen LogP contribution in [-0.2, 0) is 17.6 Å². The van der Waals surface area contributed by atoms with E-state index in [9.17, 15) is 4.79 Å². The quantitative estimate of drug-likeness (QED) is 0.300. The van der Waals surface area contributed by atoms with E-state index in [2.05, 4.69) is 15.3 Å². The van der Waals surface area contributed by atoms with Crippen LogP contribution in [0.3, 0.4) is 0 Å². The number of nitrogen functional groups attached to an aromatic ring is 1. The molecule has 11 heteroatoms. The Morgan fingerprint density at radius 1 is 1.44 bits per heavy atom. The number of anilines is 3. The fraction of sp³-hybridized carbons (Fsp3) is 0.381. The minimum absolute atomic E-state index is 0.0350. The van der Waals surface area contributed by atoms with Crippen LogP contribution in [0.25, 0.3) is 10.2 Å². The van der Waals surface area contributed by atoms with Crippen molar-refractivity contribution < 1.29 is 14.6 Å². The molecule has 9 nitrogen and oxygen atoms in total. The number of carbonyl (C=O) groups is 1. The van der Waals surface area contributed by atoms with Gasteiger partial charge in [-0.05, 0) is 42.8 Å². The Morgan fingerprint density at radius 2 is 2.25 bits per heavy atom. The smallest absolute Gasteiger partial charge is 0.225 e. The molecule has 6 N–H and O–H groups in total. The molecule has 2 aromatic heterocycles. The van der Waals surface area contributed by atoms with Crippen LogP contribution in [0.4, 0.5) is 17.2 Å². The van der Waals surface area contributed by atoms with E-state index in [1.807, 2.05) is 6.07 Å². The molecule has 4 rings (SSSR count). The van der Waals surface area contributed by atoms with E-state index in [1.165, 1.54) is 11.9 Å². The molecule has 0 saturated carbocycles. The summed E-state index contributed by atoms with van der Waals surface area (Å²) in [6.45, 7) is 0.313. The number of carbonyl (C=O) groups excluding carboxylic acids is 1. The van der Waals surface area contributed by atoms with Gasteiger partial charge in [0.15, 0.2) is 0 Å². The number of nitrogens with one attached hydrogen (secondary N) is 1. The maximum atomic E-state index is 12.7. The number of methoxy groups -OCH3 is 1. The number of fused-ring (bicyclic) bond motifs is 3. The Balaban J connectivity index is 1.68. The number of nitrogens with two attached hydrogens (primary N) is 2. The molecule has 1 aliphatic rings. The van der Waals surface area contributed by atoms with E-state index < -0.39 is 0 Å². The van der Waals surface area contributed by atoms with Crippen molar-refractivity contribution in [2.45, 2.75) is 24.2 Å². The first-order valence-electron chi connectivity index (χ1n) is 10.2. The van der Waals surface area contributed by atoms with Gasteiger partial charge < -0.3 is 25.8 Å². The molecule has 0 bridgehead atoms. The standard InChI is InChI=1S/C21H26N6O3S2/c1-27(5-6-28)21(29)11-3-4-12-16(7-11)31-20-18(12)19(24-10-25-20)26-14-9-17(32-23)13(22)8-15(14)30-2/h8-11,28H,3-7,22-23H2,1-2H3,(H,24,25,26). The molecular weight excluding hydrogens is 448 g/mol. The van der Waals surface area contributed by atoms with Gasteiger partial charge in [0.25, 0.3) is 0 Å². The molecule has 0 spiro atoms. The molecule has 1 aliphatic carbocycles. The van der Waals surface area contributed by atoms with Crippen LogP contribution in [-0.4, -0.2) is 53.2 Å². The van der Waals surface area contributed by atoms with Gasteiger partial charge in [-0.1, -0.05) is 0 Å². The van der Waals surface area contributed by atoms with Crippen molar-refractivity contribution in [3.05, 3.63) is 28.9 Å². The van der Waals surface area contributed by atoms with Crippen molar-refractivity contribution in [3.8, 4) is 5.75 Å². The first-order valence-corrected chi connectivity index (χ1v) is 11.9. The molecular formula is C21H26N6O3S2. The molecule has 0 saturated heterocycles. The monoisotopic (exact) mass is 474 g/mol. The van der Waals surface area contributed by atoms with E-state index in [0.29, 0.717) is 35.9 Å². The molecule has 2 heterocycles. The highest BCUT2D eigenvalue weighted by atomic mass is 32.2. The van der Waals surface area contributed by atoms with Crippen LogP contribution in [0, 0.1) is 5.92 Å². The van der Waals surface area contributed by atoms with Gasteiger partial charge in [0, 0.05) is 35.3 Å². The molecule has 1 unspecified atom stereocenters. The lowest BCUT2D eigenvalue weighted by Crippen LogP contribution is -2.37. The van der Waals surface area contributed by atoms with Gasteiger partial charge in [-0.2, -0.15) is 0 Å². The van der Waals surface area contributed by atoms with E-state index in [1.54, 1.807) is 36.5 Å². The fourth-order valence-corrected chi connectivity index (χ4v) is 5.71. The molecule has 1 amide bonds. The van der Waals surface area contributed by atoms with Crippen molar-refractivity contribution in [1.29, 1.82) is 0 Å². The number of benzene rings is 1. The lowest BCUT2D eigenvalue weighted by Gasteiger charge is -2.26. The second-order valence-electron chi connectivity index (χ2n) is 7.66. The Hall–Kier alpha value is -2.60. The van der Waals surface area contributed by atoms with Gasteiger partial charge in [0.05, 0.1) is 30.5 Å². The SMILES string of the molecule is COc1cc(N)c(SN)cc1Nc1ncnc2sc3c(c12)CCC(C(=O)N(C)CCO)C3. The zero-order valence-corrected chi connectivity index (χ0v) is 19.6. The molecule has 0 aliphatic heterocycles. The number of aryl methyl sites for hydroxylation is 1. The number of nitrogens with zero attached hydrogens (tertiary/aromatic N) is 3. The molecule has 1 aromatic carbocycles. The zero-order valence-electron chi connectivity index (χ0n) is 17.9. The number of hydrogen-bond acceptors (Lipinski definition) is 10. The largest absolute Gasteiger partial charge is 0.494 e. The van der Waals surface area contributed by atoms with Gasteiger partial charge >= 0.3 is 0 Å². The third kappa shape index (κ3) is 4.20. The van der Waals surface area contributed by atoms with Crippen molar-refractivity contribution in [2.24, 2.45) is 11.1 Å². The first-order chi connectivity index (χ1) is 15.5. The fourth-order valence-electron chi connectivity index (χ4n) is 4.06. The maximum absolute atomic E-state index is 12.7. The third-order valence-electron chi connectivity index (χ3n) is 5.72. The molecule has 32 heavy (non-hydrogen) atoms. The topological polar surface area (TPSA) is 140 Å². The molecule has 170 valence electrons. The Morgan fingerprint density at radius 3 is 2.97 bits per heavy atom. The van der Waals surface area contributed by atoms with Crippen molar-refractivity contribution in [3.63, 3.8) is 0 Å². The zero-order chi connectivity index (χ0) is 22.8. The van der Waals surface area contributed by atoms with Crippen LogP contribution >= 0.6 is 23.3 Å².